The highest BCUT2D eigenvalue weighted by Gasteiger charge is 2.19. The van der Waals surface area contributed by atoms with Crippen molar-refractivity contribution in [2.24, 2.45) is 0 Å². The maximum absolute atomic E-state index is 11.8. The van der Waals surface area contributed by atoms with Crippen LogP contribution in [0.3, 0.4) is 0 Å². The Kier molecular flexibility index (Phi) is 6.30. The lowest BCUT2D eigenvalue weighted by atomic mass is 10.0. The van der Waals surface area contributed by atoms with Gasteiger partial charge in [-0.2, -0.15) is 0 Å². The van der Waals surface area contributed by atoms with E-state index < -0.39 is 6.10 Å². The van der Waals surface area contributed by atoms with Crippen LogP contribution >= 0.6 is 11.8 Å². The third kappa shape index (κ3) is 4.17. The van der Waals surface area contributed by atoms with Crippen molar-refractivity contribution < 1.29 is 9.53 Å². The predicted octanol–water partition coefficient (Wildman–Crippen LogP) is 3.86. The Morgan fingerprint density at radius 2 is 1.94 bits per heavy atom. The van der Waals surface area contributed by atoms with Gasteiger partial charge in [-0.25, -0.2) is 0 Å². The summed E-state index contributed by atoms with van der Waals surface area (Å²) in [6.07, 6.45) is 3.09. The lowest BCUT2D eigenvalue weighted by Gasteiger charge is -2.16. The zero-order valence-electron chi connectivity index (χ0n) is 10.7. The van der Waals surface area contributed by atoms with Gasteiger partial charge in [-0.05, 0) is 30.4 Å². The average molecular weight is 252 g/mol. The second kappa shape index (κ2) is 7.51. The van der Waals surface area contributed by atoms with Crippen molar-refractivity contribution in [1.29, 1.82) is 0 Å². The first-order valence-corrected chi connectivity index (χ1v) is 7.23. The number of hydrogen-bond acceptors (Lipinski definition) is 3. The van der Waals surface area contributed by atoms with Gasteiger partial charge in [0.1, 0.15) is 6.10 Å². The highest BCUT2D eigenvalue weighted by Crippen LogP contribution is 2.23. The molecule has 0 spiro atoms. The van der Waals surface area contributed by atoms with Crippen LogP contribution in [-0.2, 0) is 9.53 Å². The largest absolute Gasteiger partial charge is 0.366 e. The monoisotopic (exact) mass is 252 g/mol. The van der Waals surface area contributed by atoms with E-state index in [9.17, 15) is 4.79 Å². The van der Waals surface area contributed by atoms with E-state index in [1.54, 1.807) is 11.8 Å². The van der Waals surface area contributed by atoms with Gasteiger partial charge in [-0.15, -0.1) is 11.8 Å². The molecule has 0 aromatic heterocycles. The molecule has 1 aromatic carbocycles. The molecule has 0 amide bonds. The molecule has 0 heterocycles. The summed E-state index contributed by atoms with van der Waals surface area (Å²) in [4.78, 5) is 13.0. The standard InChI is InChI=1S/C14H20O2S/c1-4-10-16-14(13(15)5-2)11-6-8-12(17-3)9-7-11/h6-9,14H,4-5,10H2,1-3H3. The van der Waals surface area contributed by atoms with Gasteiger partial charge in [0.15, 0.2) is 5.78 Å². The van der Waals surface area contributed by atoms with E-state index in [2.05, 4.69) is 0 Å². The molecule has 0 fully saturated rings. The smallest absolute Gasteiger partial charge is 0.165 e. The van der Waals surface area contributed by atoms with Crippen LogP contribution in [0.2, 0.25) is 0 Å². The second-order valence-corrected chi connectivity index (χ2v) is 4.72. The summed E-state index contributed by atoms with van der Waals surface area (Å²) >= 11 is 1.70. The van der Waals surface area contributed by atoms with E-state index in [1.807, 2.05) is 44.4 Å². The van der Waals surface area contributed by atoms with Crippen molar-refractivity contribution in [3.63, 3.8) is 0 Å². The molecule has 0 aliphatic heterocycles. The summed E-state index contributed by atoms with van der Waals surface area (Å²) in [5, 5.41) is 0. The Morgan fingerprint density at radius 1 is 1.29 bits per heavy atom. The summed E-state index contributed by atoms with van der Waals surface area (Å²) < 4.78 is 5.65. The highest BCUT2D eigenvalue weighted by atomic mass is 32.2. The van der Waals surface area contributed by atoms with E-state index in [-0.39, 0.29) is 5.78 Å². The molecule has 2 nitrogen and oxygen atoms in total. The van der Waals surface area contributed by atoms with Crippen LogP contribution in [0.15, 0.2) is 29.2 Å². The second-order valence-electron chi connectivity index (χ2n) is 3.84. The van der Waals surface area contributed by atoms with E-state index in [0.29, 0.717) is 13.0 Å². The topological polar surface area (TPSA) is 26.3 Å². The number of benzene rings is 1. The fraction of sp³-hybridized carbons (Fsp3) is 0.500. The van der Waals surface area contributed by atoms with E-state index in [1.165, 1.54) is 4.90 Å². The Bertz CT molecular complexity index is 346. The first-order chi connectivity index (χ1) is 8.22. The minimum absolute atomic E-state index is 0.148. The number of hydrogen-bond donors (Lipinski definition) is 0. The van der Waals surface area contributed by atoms with Crippen LogP contribution in [-0.4, -0.2) is 18.6 Å². The number of ether oxygens (including phenoxy) is 1. The number of carbonyl (C=O) groups excluding carboxylic acids is 1. The molecule has 0 saturated heterocycles. The normalized spacial score (nSPS) is 12.4. The van der Waals surface area contributed by atoms with Gasteiger partial charge in [0.2, 0.25) is 0 Å². The molecule has 1 atom stereocenters. The third-order valence-electron chi connectivity index (χ3n) is 2.55. The number of ketones is 1. The molecule has 94 valence electrons. The molecule has 0 bridgehead atoms. The van der Waals surface area contributed by atoms with E-state index in [4.69, 9.17) is 4.74 Å². The van der Waals surface area contributed by atoms with Crippen molar-refractivity contribution in [2.75, 3.05) is 12.9 Å². The van der Waals surface area contributed by atoms with Gasteiger partial charge in [-0.1, -0.05) is 26.0 Å². The van der Waals surface area contributed by atoms with Gasteiger partial charge >= 0.3 is 0 Å². The van der Waals surface area contributed by atoms with E-state index >= 15 is 0 Å². The van der Waals surface area contributed by atoms with Gasteiger partial charge < -0.3 is 4.74 Å². The molecule has 0 aliphatic rings. The minimum Gasteiger partial charge on any atom is -0.366 e. The first kappa shape index (κ1) is 14.3. The summed E-state index contributed by atoms with van der Waals surface area (Å²) in [6.45, 7) is 4.55. The van der Waals surface area contributed by atoms with Gasteiger partial charge in [0, 0.05) is 17.9 Å². The Labute approximate surface area is 108 Å². The fourth-order valence-corrected chi connectivity index (χ4v) is 1.98. The number of Topliss-reactive ketones (excluding diaryl/α,β-unsaturated/α-hetero) is 1. The molecule has 0 radical (unpaired) electrons. The lowest BCUT2D eigenvalue weighted by molar-refractivity contribution is -0.130. The molecule has 0 aliphatic carbocycles. The van der Waals surface area contributed by atoms with Gasteiger partial charge in [-0.3, -0.25) is 4.79 Å². The molecule has 1 unspecified atom stereocenters. The van der Waals surface area contributed by atoms with Crippen molar-refractivity contribution in [1.82, 2.24) is 0 Å². The molecule has 0 N–H and O–H groups in total. The van der Waals surface area contributed by atoms with Crippen molar-refractivity contribution in [2.45, 2.75) is 37.7 Å². The summed E-state index contributed by atoms with van der Waals surface area (Å²) in [5.41, 5.74) is 0.961. The minimum atomic E-state index is -0.393. The Balaban J connectivity index is 2.83. The van der Waals surface area contributed by atoms with E-state index in [0.717, 1.165) is 12.0 Å². The zero-order valence-corrected chi connectivity index (χ0v) is 11.5. The summed E-state index contributed by atoms with van der Waals surface area (Å²) in [6, 6.07) is 8.04. The zero-order chi connectivity index (χ0) is 12.7. The van der Waals surface area contributed by atoms with Crippen LogP contribution in [0.1, 0.15) is 38.4 Å². The Hall–Kier alpha value is -0.800. The number of carbonyl (C=O) groups is 1. The summed E-state index contributed by atoms with van der Waals surface area (Å²) in [5.74, 6) is 0.148. The van der Waals surface area contributed by atoms with Crippen molar-refractivity contribution in [3.8, 4) is 0 Å². The molecule has 0 saturated carbocycles. The maximum Gasteiger partial charge on any atom is 0.165 e. The lowest BCUT2D eigenvalue weighted by Crippen LogP contribution is -2.15. The molecule has 3 heteroatoms. The Morgan fingerprint density at radius 3 is 2.41 bits per heavy atom. The van der Waals surface area contributed by atoms with Crippen molar-refractivity contribution in [3.05, 3.63) is 29.8 Å². The van der Waals surface area contributed by atoms with Crippen LogP contribution in [0, 0.1) is 0 Å². The summed E-state index contributed by atoms with van der Waals surface area (Å²) in [7, 11) is 0. The SMILES string of the molecule is CCCOC(C(=O)CC)c1ccc(SC)cc1. The molecule has 1 rings (SSSR count). The predicted molar refractivity (Wildman–Crippen MR) is 72.5 cm³/mol. The van der Waals surface area contributed by atoms with Crippen LogP contribution in [0.4, 0.5) is 0 Å². The molecule has 17 heavy (non-hydrogen) atoms. The first-order valence-electron chi connectivity index (χ1n) is 6.01. The highest BCUT2D eigenvalue weighted by molar-refractivity contribution is 7.98. The number of rotatable bonds is 7. The molecular weight excluding hydrogens is 232 g/mol. The quantitative estimate of drug-likeness (QED) is 0.689. The van der Waals surface area contributed by atoms with Crippen LogP contribution < -0.4 is 0 Å². The number of thioether (sulfide) groups is 1. The van der Waals surface area contributed by atoms with Crippen molar-refractivity contribution >= 4 is 17.5 Å². The van der Waals surface area contributed by atoms with Gasteiger partial charge in [0.25, 0.3) is 0 Å². The van der Waals surface area contributed by atoms with Gasteiger partial charge in [0.05, 0.1) is 0 Å². The van der Waals surface area contributed by atoms with Crippen LogP contribution in [0.25, 0.3) is 0 Å². The average Bonchev–Trinajstić information content (AvgIpc) is 2.39. The third-order valence-corrected chi connectivity index (χ3v) is 3.29. The fourth-order valence-electron chi connectivity index (χ4n) is 1.57. The van der Waals surface area contributed by atoms with Crippen LogP contribution in [0.5, 0.6) is 0 Å². The maximum atomic E-state index is 11.8. The molecular formula is C14H20O2S. The molecule has 1 aromatic rings.